The van der Waals surface area contributed by atoms with Crippen molar-refractivity contribution in [3.05, 3.63) is 29.8 Å². The van der Waals surface area contributed by atoms with Crippen molar-refractivity contribution in [2.75, 3.05) is 33.0 Å². The van der Waals surface area contributed by atoms with Crippen LogP contribution >= 0.6 is 0 Å². The van der Waals surface area contributed by atoms with Crippen LogP contribution in [0.25, 0.3) is 0 Å². The van der Waals surface area contributed by atoms with E-state index in [1.54, 1.807) is 0 Å². The molecule has 1 aromatic carbocycles. The maximum atomic E-state index is 12.4. The summed E-state index contributed by atoms with van der Waals surface area (Å²) < 4.78 is 16.6. The minimum Gasteiger partial charge on any atom is -0.494 e. The number of carbonyl (C=O) groups excluding carboxylic acids is 1. The zero-order valence-corrected chi connectivity index (χ0v) is 15.7. The van der Waals surface area contributed by atoms with E-state index >= 15 is 0 Å². The molecule has 25 heavy (non-hydrogen) atoms. The molecule has 1 fully saturated rings. The lowest BCUT2D eigenvalue weighted by Gasteiger charge is -2.38. The number of hydrogen-bond donors (Lipinski definition) is 1. The van der Waals surface area contributed by atoms with E-state index in [0.717, 1.165) is 18.6 Å². The Morgan fingerprint density at radius 1 is 1.16 bits per heavy atom. The summed E-state index contributed by atoms with van der Waals surface area (Å²) in [6.07, 6.45) is 2.10. The summed E-state index contributed by atoms with van der Waals surface area (Å²) in [6, 6.07) is 8.24. The van der Waals surface area contributed by atoms with Gasteiger partial charge in [-0.3, -0.25) is 4.79 Å². The van der Waals surface area contributed by atoms with Gasteiger partial charge >= 0.3 is 0 Å². The molecule has 140 valence electrons. The first kappa shape index (κ1) is 19.7. The topological polar surface area (TPSA) is 56.8 Å². The van der Waals surface area contributed by atoms with Crippen molar-refractivity contribution >= 4 is 5.91 Å². The van der Waals surface area contributed by atoms with E-state index in [-0.39, 0.29) is 17.4 Å². The third-order valence-corrected chi connectivity index (χ3v) is 4.86. The van der Waals surface area contributed by atoms with Crippen LogP contribution in [0.3, 0.4) is 0 Å². The molecule has 1 heterocycles. The summed E-state index contributed by atoms with van der Waals surface area (Å²) in [5.41, 5.74) is 1.13. The molecule has 1 amide bonds. The van der Waals surface area contributed by atoms with Crippen molar-refractivity contribution in [1.29, 1.82) is 0 Å². The van der Waals surface area contributed by atoms with E-state index in [2.05, 4.69) is 17.4 Å². The van der Waals surface area contributed by atoms with Gasteiger partial charge in [0.25, 0.3) is 0 Å². The fraction of sp³-hybridized carbons (Fsp3) is 0.650. The standard InChI is InChI=1S/C20H31NO4/c1-4-18(25-6-3)19(22)21-15-20(11-13-23-14-12-20)16-7-9-17(10-8-16)24-5-2/h7-10,18H,4-6,11-15H2,1-3H3,(H,21,22)/t18-/m1/s1. The monoisotopic (exact) mass is 349 g/mol. The molecule has 1 aromatic rings. The van der Waals surface area contributed by atoms with Gasteiger partial charge in [0.2, 0.25) is 5.91 Å². The molecule has 0 radical (unpaired) electrons. The van der Waals surface area contributed by atoms with Gasteiger partial charge in [0.15, 0.2) is 0 Å². The average molecular weight is 349 g/mol. The van der Waals surface area contributed by atoms with Crippen molar-refractivity contribution in [3.8, 4) is 5.75 Å². The molecule has 0 spiro atoms. The van der Waals surface area contributed by atoms with Crippen LogP contribution in [0.2, 0.25) is 0 Å². The summed E-state index contributed by atoms with van der Waals surface area (Å²) >= 11 is 0. The second kappa shape index (κ2) is 9.78. The number of ether oxygens (including phenoxy) is 3. The highest BCUT2D eigenvalue weighted by Crippen LogP contribution is 2.35. The quantitative estimate of drug-likeness (QED) is 0.744. The predicted octanol–water partition coefficient (Wildman–Crippen LogP) is 3.06. The molecule has 2 rings (SSSR count). The van der Waals surface area contributed by atoms with Gasteiger partial charge in [-0.15, -0.1) is 0 Å². The third-order valence-electron chi connectivity index (χ3n) is 4.86. The van der Waals surface area contributed by atoms with Gasteiger partial charge in [0, 0.05) is 31.8 Å². The van der Waals surface area contributed by atoms with Crippen LogP contribution in [0, 0.1) is 0 Å². The Balaban J connectivity index is 2.10. The smallest absolute Gasteiger partial charge is 0.249 e. The normalized spacial score (nSPS) is 17.7. The summed E-state index contributed by atoms with van der Waals surface area (Å²) in [7, 11) is 0. The highest BCUT2D eigenvalue weighted by molar-refractivity contribution is 5.80. The van der Waals surface area contributed by atoms with Crippen molar-refractivity contribution in [1.82, 2.24) is 5.32 Å². The molecule has 1 atom stereocenters. The highest BCUT2D eigenvalue weighted by Gasteiger charge is 2.35. The molecule has 0 unspecified atom stereocenters. The molecular weight excluding hydrogens is 318 g/mol. The van der Waals surface area contributed by atoms with E-state index in [4.69, 9.17) is 14.2 Å². The van der Waals surface area contributed by atoms with Crippen LogP contribution < -0.4 is 10.1 Å². The largest absolute Gasteiger partial charge is 0.494 e. The molecule has 1 saturated heterocycles. The lowest BCUT2D eigenvalue weighted by atomic mass is 9.74. The summed E-state index contributed by atoms with van der Waals surface area (Å²) in [5.74, 6) is 0.848. The summed E-state index contributed by atoms with van der Waals surface area (Å²) in [5, 5.41) is 3.12. The molecule has 1 N–H and O–H groups in total. The van der Waals surface area contributed by atoms with E-state index in [0.29, 0.717) is 39.4 Å². The molecule has 5 nitrogen and oxygen atoms in total. The maximum absolute atomic E-state index is 12.4. The van der Waals surface area contributed by atoms with Gasteiger partial charge in [0.1, 0.15) is 11.9 Å². The second-order valence-electron chi connectivity index (χ2n) is 6.42. The first-order valence-electron chi connectivity index (χ1n) is 9.35. The first-order chi connectivity index (χ1) is 12.1. The Hall–Kier alpha value is -1.59. The molecule has 1 aliphatic rings. The fourth-order valence-corrected chi connectivity index (χ4v) is 3.35. The maximum Gasteiger partial charge on any atom is 0.249 e. The minimum absolute atomic E-state index is 0.0267. The number of carbonyl (C=O) groups is 1. The molecule has 0 saturated carbocycles. The SMILES string of the molecule is CCOc1ccc(C2(CNC(=O)[C@@H](CC)OCC)CCOCC2)cc1. The van der Waals surface area contributed by atoms with Crippen molar-refractivity contribution in [3.63, 3.8) is 0 Å². The van der Waals surface area contributed by atoms with Gasteiger partial charge < -0.3 is 19.5 Å². The molecular formula is C20H31NO4. The van der Waals surface area contributed by atoms with Crippen LogP contribution in [-0.2, 0) is 19.7 Å². The van der Waals surface area contributed by atoms with E-state index < -0.39 is 0 Å². The van der Waals surface area contributed by atoms with Crippen LogP contribution in [0.4, 0.5) is 0 Å². The average Bonchev–Trinajstić information content (AvgIpc) is 2.66. The van der Waals surface area contributed by atoms with Gasteiger partial charge in [-0.1, -0.05) is 19.1 Å². The molecule has 5 heteroatoms. The predicted molar refractivity (Wildman–Crippen MR) is 98.1 cm³/mol. The molecule has 0 bridgehead atoms. The van der Waals surface area contributed by atoms with Crippen LogP contribution in [0.15, 0.2) is 24.3 Å². The number of amides is 1. The Labute approximate surface area is 151 Å². The lowest BCUT2D eigenvalue weighted by Crippen LogP contribution is -2.47. The van der Waals surface area contributed by atoms with Crippen LogP contribution in [-0.4, -0.2) is 45.0 Å². The number of nitrogens with one attached hydrogen (secondary N) is 1. The van der Waals surface area contributed by atoms with Gasteiger partial charge in [-0.05, 0) is 50.8 Å². The highest BCUT2D eigenvalue weighted by atomic mass is 16.5. The Kier molecular flexibility index (Phi) is 7.72. The van der Waals surface area contributed by atoms with Crippen LogP contribution in [0.5, 0.6) is 5.75 Å². The minimum atomic E-state index is -0.373. The van der Waals surface area contributed by atoms with E-state index in [9.17, 15) is 4.79 Å². The first-order valence-corrected chi connectivity index (χ1v) is 9.35. The van der Waals surface area contributed by atoms with Gasteiger partial charge in [-0.25, -0.2) is 0 Å². The van der Waals surface area contributed by atoms with Crippen molar-refractivity contribution in [2.24, 2.45) is 0 Å². The number of rotatable bonds is 9. The zero-order chi connectivity index (χ0) is 18.1. The summed E-state index contributed by atoms with van der Waals surface area (Å²) in [6.45, 7) is 9.09. The van der Waals surface area contributed by atoms with E-state index in [1.165, 1.54) is 5.56 Å². The molecule has 0 aliphatic carbocycles. The summed E-state index contributed by atoms with van der Waals surface area (Å²) in [4.78, 5) is 12.4. The van der Waals surface area contributed by atoms with Crippen LogP contribution in [0.1, 0.15) is 45.6 Å². The third kappa shape index (κ3) is 5.19. The van der Waals surface area contributed by atoms with Crippen molar-refractivity contribution in [2.45, 2.75) is 51.6 Å². The van der Waals surface area contributed by atoms with Gasteiger partial charge in [0.05, 0.1) is 6.61 Å². The Bertz CT molecular complexity index is 523. The Morgan fingerprint density at radius 3 is 2.40 bits per heavy atom. The fourth-order valence-electron chi connectivity index (χ4n) is 3.35. The number of benzene rings is 1. The van der Waals surface area contributed by atoms with Gasteiger partial charge in [-0.2, -0.15) is 0 Å². The zero-order valence-electron chi connectivity index (χ0n) is 15.7. The van der Waals surface area contributed by atoms with E-state index in [1.807, 2.05) is 32.9 Å². The number of hydrogen-bond acceptors (Lipinski definition) is 4. The molecule has 1 aliphatic heterocycles. The molecule has 0 aromatic heterocycles. The van der Waals surface area contributed by atoms with Crippen molar-refractivity contribution < 1.29 is 19.0 Å². The Morgan fingerprint density at radius 2 is 1.84 bits per heavy atom. The lowest BCUT2D eigenvalue weighted by molar-refractivity contribution is -0.133. The second-order valence-corrected chi connectivity index (χ2v) is 6.42.